The second kappa shape index (κ2) is 16.5. The summed E-state index contributed by atoms with van der Waals surface area (Å²) in [6.07, 6.45) is 3.40. The predicted octanol–water partition coefficient (Wildman–Crippen LogP) is -0.146. The Kier molecular flexibility index (Phi) is 13.9. The molecule has 180 valence electrons. The van der Waals surface area contributed by atoms with Gasteiger partial charge in [-0.2, -0.15) is 11.8 Å². The van der Waals surface area contributed by atoms with Gasteiger partial charge in [-0.15, -0.1) is 0 Å². The average Bonchev–Trinajstić information content (AvgIpc) is 3.30. The molecule has 2 aliphatic rings. The zero-order chi connectivity index (χ0) is 22.2. The molecule has 0 aromatic heterocycles. The number of ether oxygens (including phenoxy) is 4. The van der Waals surface area contributed by atoms with E-state index in [1.807, 2.05) is 11.8 Å². The number of nitrogens with one attached hydrogen (secondary N) is 3. The lowest BCUT2D eigenvalue weighted by Crippen LogP contribution is -2.36. The van der Waals surface area contributed by atoms with E-state index in [9.17, 15) is 9.59 Å². The van der Waals surface area contributed by atoms with Crippen LogP contribution in [-0.4, -0.2) is 101 Å². The van der Waals surface area contributed by atoms with Gasteiger partial charge in [0.25, 0.3) is 0 Å². The number of rotatable bonds is 19. The van der Waals surface area contributed by atoms with E-state index in [-0.39, 0.29) is 24.0 Å². The van der Waals surface area contributed by atoms with Crippen molar-refractivity contribution in [3.8, 4) is 0 Å². The van der Waals surface area contributed by atoms with Gasteiger partial charge in [-0.05, 0) is 12.8 Å². The van der Waals surface area contributed by atoms with Crippen molar-refractivity contribution in [1.29, 1.82) is 0 Å². The lowest BCUT2D eigenvalue weighted by Gasteiger charge is -2.16. The van der Waals surface area contributed by atoms with Gasteiger partial charge in [0.1, 0.15) is 0 Å². The first kappa shape index (κ1) is 26.1. The molecule has 5 N–H and O–H groups in total. The van der Waals surface area contributed by atoms with Gasteiger partial charge in [-0.3, -0.25) is 4.79 Å². The first-order chi connectivity index (χ1) is 15.2. The van der Waals surface area contributed by atoms with Crippen LogP contribution in [0.3, 0.4) is 0 Å². The highest BCUT2D eigenvalue weighted by molar-refractivity contribution is 8.00. The standard InChI is InChI=1S/C20H38N4O6S/c21-5-7-27-9-11-29-13-14-30-12-10-28-8-6-22-18(25)4-2-1-3-17-19-16(15-31-17)23-20(26)24-19/h16-17,19H,1-15,21H2,(H,22,25)(H2,23,24,26)/t16-,17-,19-/m1/s1. The minimum atomic E-state index is -0.0530. The van der Waals surface area contributed by atoms with Crippen LogP contribution in [0.25, 0.3) is 0 Å². The molecule has 0 radical (unpaired) electrons. The second-order valence-corrected chi connectivity index (χ2v) is 8.73. The van der Waals surface area contributed by atoms with Gasteiger partial charge >= 0.3 is 6.03 Å². The van der Waals surface area contributed by atoms with E-state index < -0.39 is 0 Å². The lowest BCUT2D eigenvalue weighted by atomic mass is 10.0. The topological polar surface area (TPSA) is 133 Å². The fourth-order valence-electron chi connectivity index (χ4n) is 3.47. The predicted molar refractivity (Wildman–Crippen MR) is 119 cm³/mol. The van der Waals surface area contributed by atoms with Crippen molar-refractivity contribution >= 4 is 23.7 Å². The van der Waals surface area contributed by atoms with Crippen LogP contribution in [0.5, 0.6) is 0 Å². The molecule has 0 aromatic rings. The Labute approximate surface area is 189 Å². The number of hydrogen-bond acceptors (Lipinski definition) is 8. The Balaban J connectivity index is 1.30. The Morgan fingerprint density at radius 2 is 1.61 bits per heavy atom. The molecule has 2 rings (SSSR count). The Morgan fingerprint density at radius 1 is 0.968 bits per heavy atom. The lowest BCUT2D eigenvalue weighted by molar-refractivity contribution is -0.121. The van der Waals surface area contributed by atoms with Crippen LogP contribution in [0, 0.1) is 0 Å². The summed E-state index contributed by atoms with van der Waals surface area (Å²) in [5.74, 6) is 1.03. The molecule has 0 aliphatic carbocycles. The number of thioether (sulfide) groups is 1. The quantitative estimate of drug-likeness (QED) is 0.154. The monoisotopic (exact) mass is 462 g/mol. The van der Waals surface area contributed by atoms with Crippen molar-refractivity contribution in [1.82, 2.24) is 16.0 Å². The van der Waals surface area contributed by atoms with Crippen LogP contribution in [0.15, 0.2) is 0 Å². The van der Waals surface area contributed by atoms with E-state index in [0.29, 0.717) is 77.6 Å². The van der Waals surface area contributed by atoms with Crippen molar-refractivity contribution in [3.05, 3.63) is 0 Å². The highest BCUT2D eigenvalue weighted by Crippen LogP contribution is 2.33. The molecule has 0 spiro atoms. The molecular formula is C20H38N4O6S. The van der Waals surface area contributed by atoms with Crippen molar-refractivity contribution in [2.45, 2.75) is 43.0 Å². The molecule has 10 nitrogen and oxygen atoms in total. The van der Waals surface area contributed by atoms with E-state index in [1.165, 1.54) is 0 Å². The van der Waals surface area contributed by atoms with Crippen molar-refractivity contribution < 1.29 is 28.5 Å². The molecule has 31 heavy (non-hydrogen) atoms. The van der Waals surface area contributed by atoms with E-state index >= 15 is 0 Å². The van der Waals surface area contributed by atoms with Crippen LogP contribution < -0.4 is 21.7 Å². The number of fused-ring (bicyclic) bond motifs is 1. The smallest absolute Gasteiger partial charge is 0.315 e. The molecule has 0 saturated carbocycles. The van der Waals surface area contributed by atoms with Crippen LogP contribution >= 0.6 is 11.8 Å². The molecule has 0 aromatic carbocycles. The number of amides is 3. The third-order valence-electron chi connectivity index (χ3n) is 5.03. The van der Waals surface area contributed by atoms with Gasteiger partial charge < -0.3 is 40.6 Å². The van der Waals surface area contributed by atoms with Gasteiger partial charge in [0.2, 0.25) is 5.91 Å². The number of unbranched alkanes of at least 4 members (excludes halogenated alkanes) is 1. The molecule has 2 heterocycles. The molecule has 3 atom stereocenters. The van der Waals surface area contributed by atoms with E-state index in [1.54, 1.807) is 0 Å². The van der Waals surface area contributed by atoms with Crippen LogP contribution in [0.1, 0.15) is 25.7 Å². The minimum Gasteiger partial charge on any atom is -0.378 e. The summed E-state index contributed by atoms with van der Waals surface area (Å²) in [5, 5.41) is 9.27. The van der Waals surface area contributed by atoms with Crippen LogP contribution in [0.4, 0.5) is 4.79 Å². The molecule has 2 aliphatic heterocycles. The van der Waals surface area contributed by atoms with E-state index in [2.05, 4.69) is 16.0 Å². The molecule has 0 bridgehead atoms. The third kappa shape index (κ3) is 11.4. The summed E-state index contributed by atoms with van der Waals surface area (Å²) >= 11 is 1.91. The zero-order valence-electron chi connectivity index (χ0n) is 18.3. The van der Waals surface area contributed by atoms with E-state index in [4.69, 9.17) is 24.7 Å². The summed E-state index contributed by atoms with van der Waals surface area (Å²) in [6.45, 7) is 5.16. The van der Waals surface area contributed by atoms with Crippen LogP contribution in [0.2, 0.25) is 0 Å². The number of hydrogen-bond donors (Lipinski definition) is 4. The second-order valence-electron chi connectivity index (χ2n) is 7.46. The maximum absolute atomic E-state index is 11.9. The molecule has 2 fully saturated rings. The summed E-state index contributed by atoms with van der Waals surface area (Å²) in [6, 6.07) is 0.444. The molecule has 3 amide bonds. The number of urea groups is 1. The zero-order valence-corrected chi connectivity index (χ0v) is 19.1. The number of nitrogens with two attached hydrogens (primary N) is 1. The largest absolute Gasteiger partial charge is 0.378 e. The van der Waals surface area contributed by atoms with Crippen molar-refractivity contribution in [2.75, 3.05) is 71.7 Å². The minimum absolute atomic E-state index is 0.0530. The van der Waals surface area contributed by atoms with Crippen molar-refractivity contribution in [3.63, 3.8) is 0 Å². The maximum atomic E-state index is 11.9. The maximum Gasteiger partial charge on any atom is 0.315 e. The first-order valence-electron chi connectivity index (χ1n) is 11.2. The highest BCUT2D eigenvalue weighted by Gasteiger charge is 2.42. The fourth-order valence-corrected chi connectivity index (χ4v) is 5.01. The van der Waals surface area contributed by atoms with Crippen LogP contribution in [-0.2, 0) is 23.7 Å². The molecular weight excluding hydrogens is 424 g/mol. The third-order valence-corrected chi connectivity index (χ3v) is 6.54. The van der Waals surface area contributed by atoms with Gasteiger partial charge in [0.15, 0.2) is 0 Å². The summed E-state index contributed by atoms with van der Waals surface area (Å²) in [7, 11) is 0. The van der Waals surface area contributed by atoms with Gasteiger partial charge in [-0.1, -0.05) is 6.42 Å². The summed E-state index contributed by atoms with van der Waals surface area (Å²) in [5.41, 5.74) is 5.31. The number of carbonyl (C=O) groups excluding carboxylic acids is 2. The molecule has 2 saturated heterocycles. The Bertz CT molecular complexity index is 516. The fraction of sp³-hybridized carbons (Fsp3) is 0.900. The summed E-state index contributed by atoms with van der Waals surface area (Å²) < 4.78 is 21.4. The Morgan fingerprint density at radius 3 is 2.29 bits per heavy atom. The normalized spacial score (nSPS) is 22.2. The van der Waals surface area contributed by atoms with E-state index in [0.717, 1.165) is 25.0 Å². The molecule has 11 heteroatoms. The van der Waals surface area contributed by atoms with Gasteiger partial charge in [-0.25, -0.2) is 4.79 Å². The van der Waals surface area contributed by atoms with Gasteiger partial charge in [0.05, 0.1) is 64.9 Å². The Hall–Kier alpha value is -1.11. The SMILES string of the molecule is NCCOCCOCCOCCOCCNC(=O)CCCC[C@H]1SC[C@H]2NC(=O)N[C@H]21. The average molecular weight is 463 g/mol. The molecule has 0 unspecified atom stereocenters. The summed E-state index contributed by atoms with van der Waals surface area (Å²) in [4.78, 5) is 23.3. The number of carbonyl (C=O) groups is 2. The van der Waals surface area contributed by atoms with Gasteiger partial charge in [0, 0.05) is 30.5 Å². The van der Waals surface area contributed by atoms with Crippen molar-refractivity contribution in [2.24, 2.45) is 5.73 Å². The first-order valence-corrected chi connectivity index (χ1v) is 12.2. The highest BCUT2D eigenvalue weighted by atomic mass is 32.2.